The number of benzene rings is 2. The molecule has 8 nitrogen and oxygen atoms in total. The summed E-state index contributed by atoms with van der Waals surface area (Å²) in [5.41, 5.74) is 1.52. The molecule has 0 fully saturated rings. The number of aromatic hydroxyl groups is 2. The van der Waals surface area contributed by atoms with Gasteiger partial charge in [0.15, 0.2) is 0 Å². The first-order valence-corrected chi connectivity index (χ1v) is 6.56. The molecule has 0 aliphatic rings. The van der Waals surface area contributed by atoms with Crippen LogP contribution >= 0.6 is 11.6 Å². The van der Waals surface area contributed by atoms with E-state index < -0.39 is 22.3 Å². The zero-order valence-corrected chi connectivity index (χ0v) is 12.2. The Hall–Kier alpha value is -3.13. The first kappa shape index (κ1) is 16.2. The van der Waals surface area contributed by atoms with E-state index in [0.29, 0.717) is 0 Å². The summed E-state index contributed by atoms with van der Waals surface area (Å²) in [6.07, 6.45) is 1.01. The lowest BCUT2D eigenvalue weighted by molar-refractivity contribution is -0.385. The number of phenolic OH excluding ortho intramolecular Hbond substituents is 2. The van der Waals surface area contributed by atoms with Crippen LogP contribution in [0.3, 0.4) is 0 Å². The maximum atomic E-state index is 11.8. The lowest BCUT2D eigenvalue weighted by atomic mass is 10.2. The van der Waals surface area contributed by atoms with Crippen molar-refractivity contribution in [2.45, 2.75) is 0 Å². The van der Waals surface area contributed by atoms with Crippen molar-refractivity contribution >= 4 is 29.4 Å². The smallest absolute Gasteiger partial charge is 0.312 e. The van der Waals surface area contributed by atoms with Crippen LogP contribution < -0.4 is 5.43 Å². The Kier molecular flexibility index (Phi) is 4.77. The number of phenols is 2. The Balaban J connectivity index is 2.20. The molecule has 0 aliphatic heterocycles. The average Bonchev–Trinajstić information content (AvgIpc) is 2.50. The van der Waals surface area contributed by atoms with E-state index in [1.54, 1.807) is 12.1 Å². The summed E-state index contributed by atoms with van der Waals surface area (Å²) in [6.45, 7) is 0. The number of rotatable bonds is 4. The van der Waals surface area contributed by atoms with Crippen molar-refractivity contribution in [1.82, 2.24) is 5.43 Å². The molecule has 3 N–H and O–H groups in total. The van der Waals surface area contributed by atoms with Crippen LogP contribution in [0, 0.1) is 10.1 Å². The number of hydrazone groups is 1. The first-order chi connectivity index (χ1) is 10.9. The van der Waals surface area contributed by atoms with Crippen LogP contribution in [0.5, 0.6) is 11.5 Å². The van der Waals surface area contributed by atoms with Crippen LogP contribution in [0.1, 0.15) is 15.9 Å². The van der Waals surface area contributed by atoms with Crippen LogP contribution in [0.2, 0.25) is 5.02 Å². The minimum atomic E-state index is -0.793. The van der Waals surface area contributed by atoms with Crippen LogP contribution in [-0.2, 0) is 0 Å². The first-order valence-electron chi connectivity index (χ1n) is 6.18. The third-order valence-electron chi connectivity index (χ3n) is 2.80. The second-order valence-corrected chi connectivity index (χ2v) is 4.77. The number of hydrogen-bond acceptors (Lipinski definition) is 6. The molecular weight excluding hydrogens is 326 g/mol. The number of nitrogens with one attached hydrogen (secondary N) is 1. The van der Waals surface area contributed by atoms with E-state index >= 15 is 0 Å². The van der Waals surface area contributed by atoms with Crippen LogP contribution in [0.25, 0.3) is 0 Å². The molecule has 0 aliphatic carbocycles. The van der Waals surface area contributed by atoms with Gasteiger partial charge in [0.2, 0.25) is 5.75 Å². The van der Waals surface area contributed by atoms with Gasteiger partial charge in [-0.1, -0.05) is 23.7 Å². The van der Waals surface area contributed by atoms with Gasteiger partial charge < -0.3 is 10.2 Å². The van der Waals surface area contributed by atoms with Crippen molar-refractivity contribution < 1.29 is 19.9 Å². The van der Waals surface area contributed by atoms with Gasteiger partial charge in [0.25, 0.3) is 5.91 Å². The Morgan fingerprint density at radius 3 is 2.65 bits per heavy atom. The standard InChI is InChI=1S/C14H10ClN3O5/c15-9-5-8(13(20)11(6-9)18(22)23)7-16-17-14(21)10-3-1-2-4-12(10)19/h1-7,19-20H,(H,17,21)/b16-7+. The van der Waals surface area contributed by atoms with Gasteiger partial charge >= 0.3 is 5.69 Å². The summed E-state index contributed by atoms with van der Waals surface area (Å²) in [6, 6.07) is 8.09. The summed E-state index contributed by atoms with van der Waals surface area (Å²) in [7, 11) is 0. The molecule has 0 spiro atoms. The zero-order valence-electron chi connectivity index (χ0n) is 11.4. The highest BCUT2D eigenvalue weighted by molar-refractivity contribution is 6.31. The molecule has 0 saturated heterocycles. The maximum absolute atomic E-state index is 11.8. The Morgan fingerprint density at radius 1 is 1.30 bits per heavy atom. The SMILES string of the molecule is O=C(N/N=C/c1cc(Cl)cc([N+](=O)[O-])c1O)c1ccccc1O. The summed E-state index contributed by atoms with van der Waals surface area (Å²) in [5.74, 6) is -1.53. The lowest BCUT2D eigenvalue weighted by Gasteiger charge is -2.03. The Labute approximate surface area is 134 Å². The second kappa shape index (κ2) is 6.75. The van der Waals surface area contributed by atoms with E-state index in [4.69, 9.17) is 11.6 Å². The number of carbonyl (C=O) groups excluding carboxylic acids is 1. The normalized spacial score (nSPS) is 10.7. The zero-order chi connectivity index (χ0) is 17.0. The fraction of sp³-hybridized carbons (Fsp3) is 0. The Morgan fingerprint density at radius 2 is 2.00 bits per heavy atom. The molecule has 0 atom stereocenters. The summed E-state index contributed by atoms with van der Waals surface area (Å²) >= 11 is 5.73. The summed E-state index contributed by atoms with van der Waals surface area (Å²) in [4.78, 5) is 21.8. The highest BCUT2D eigenvalue weighted by atomic mass is 35.5. The average molecular weight is 336 g/mol. The van der Waals surface area contributed by atoms with Crippen LogP contribution in [-0.4, -0.2) is 27.3 Å². The number of nitro groups is 1. The van der Waals surface area contributed by atoms with Gasteiger partial charge in [-0.25, -0.2) is 5.43 Å². The van der Waals surface area contributed by atoms with Gasteiger partial charge in [-0.05, 0) is 18.2 Å². The molecule has 23 heavy (non-hydrogen) atoms. The minimum absolute atomic E-state index is 0.00551. The van der Waals surface area contributed by atoms with E-state index in [1.807, 2.05) is 0 Å². The number of para-hydroxylation sites is 1. The molecule has 0 heterocycles. The van der Waals surface area contributed by atoms with Crippen molar-refractivity contribution in [1.29, 1.82) is 0 Å². The molecule has 0 saturated carbocycles. The van der Waals surface area contributed by atoms with Crippen molar-refractivity contribution in [3.05, 3.63) is 62.7 Å². The van der Waals surface area contributed by atoms with Crippen molar-refractivity contribution in [3.63, 3.8) is 0 Å². The van der Waals surface area contributed by atoms with Crippen molar-refractivity contribution in [2.24, 2.45) is 5.10 Å². The number of nitro benzene ring substituents is 1. The van der Waals surface area contributed by atoms with E-state index in [1.165, 1.54) is 18.2 Å². The molecular formula is C14H10ClN3O5. The molecule has 0 bridgehead atoms. The van der Waals surface area contributed by atoms with E-state index in [0.717, 1.165) is 12.3 Å². The van der Waals surface area contributed by atoms with Crippen LogP contribution in [0.4, 0.5) is 5.69 Å². The van der Waals surface area contributed by atoms with Gasteiger partial charge in [0, 0.05) is 16.7 Å². The number of hydrogen-bond donors (Lipinski definition) is 3. The lowest BCUT2D eigenvalue weighted by Crippen LogP contribution is -2.17. The summed E-state index contributed by atoms with van der Waals surface area (Å²) in [5, 5.41) is 33.7. The summed E-state index contributed by atoms with van der Waals surface area (Å²) < 4.78 is 0. The molecule has 0 unspecified atom stereocenters. The fourth-order valence-corrected chi connectivity index (χ4v) is 1.95. The third kappa shape index (κ3) is 3.74. The molecule has 9 heteroatoms. The van der Waals surface area contributed by atoms with Gasteiger partial charge in [-0.15, -0.1) is 0 Å². The second-order valence-electron chi connectivity index (χ2n) is 4.34. The minimum Gasteiger partial charge on any atom is -0.507 e. The van der Waals surface area contributed by atoms with Crippen molar-refractivity contribution in [3.8, 4) is 11.5 Å². The molecule has 2 rings (SSSR count). The fourth-order valence-electron chi connectivity index (χ4n) is 1.73. The quantitative estimate of drug-likeness (QED) is 0.449. The predicted molar refractivity (Wildman–Crippen MR) is 82.9 cm³/mol. The van der Waals surface area contributed by atoms with E-state index in [9.17, 15) is 25.1 Å². The Bertz CT molecular complexity index is 807. The molecule has 0 radical (unpaired) electrons. The van der Waals surface area contributed by atoms with Gasteiger partial charge in [-0.3, -0.25) is 14.9 Å². The molecule has 1 amide bonds. The van der Waals surface area contributed by atoms with Gasteiger partial charge in [-0.2, -0.15) is 5.10 Å². The number of carbonyl (C=O) groups is 1. The molecule has 118 valence electrons. The predicted octanol–water partition coefficient (Wildman–Crippen LogP) is 2.42. The molecule has 2 aromatic rings. The molecule has 2 aromatic carbocycles. The largest absolute Gasteiger partial charge is 0.507 e. The van der Waals surface area contributed by atoms with Crippen LogP contribution in [0.15, 0.2) is 41.5 Å². The monoisotopic (exact) mass is 335 g/mol. The number of halogens is 1. The van der Waals surface area contributed by atoms with Gasteiger partial charge in [0.1, 0.15) is 5.75 Å². The number of nitrogens with zero attached hydrogens (tertiary/aromatic N) is 2. The highest BCUT2D eigenvalue weighted by Gasteiger charge is 2.17. The molecule has 0 aromatic heterocycles. The van der Waals surface area contributed by atoms with Gasteiger partial charge in [0.05, 0.1) is 16.7 Å². The number of amides is 1. The maximum Gasteiger partial charge on any atom is 0.312 e. The third-order valence-corrected chi connectivity index (χ3v) is 3.02. The highest BCUT2D eigenvalue weighted by Crippen LogP contribution is 2.32. The van der Waals surface area contributed by atoms with E-state index in [2.05, 4.69) is 10.5 Å². The topological polar surface area (TPSA) is 125 Å². The van der Waals surface area contributed by atoms with Crippen molar-refractivity contribution in [2.75, 3.05) is 0 Å². The van der Waals surface area contributed by atoms with E-state index in [-0.39, 0.29) is 21.9 Å².